The fraction of sp³-hybridized carbons (Fsp3) is 0.250. The number of aromatic nitrogens is 2. The molecule has 0 saturated heterocycles. The largest absolute Gasteiger partial charge is 0.384 e. The lowest BCUT2D eigenvalue weighted by molar-refractivity contribution is 0.580. The summed E-state index contributed by atoms with van der Waals surface area (Å²) < 4.78 is 27.0. The Morgan fingerprint density at radius 1 is 1.32 bits per heavy atom. The van der Waals surface area contributed by atoms with Crippen molar-refractivity contribution in [2.45, 2.75) is 18.4 Å². The van der Waals surface area contributed by atoms with Crippen molar-refractivity contribution in [1.29, 1.82) is 0 Å². The third-order valence-corrected chi connectivity index (χ3v) is 3.99. The molecule has 7 heteroatoms. The Labute approximate surface area is 112 Å². The Balaban J connectivity index is 2.19. The summed E-state index contributed by atoms with van der Waals surface area (Å²) in [5, 5.41) is 3.03. The lowest BCUT2D eigenvalue weighted by atomic mass is 10.3. The standard InChI is InChI=1S/C12H16N4O2S/c1-2-13-10-5-3-4-6-11(10)19(17,18)16-9-12-14-7-8-15-12/h3-8,13,16H,2,9H2,1H3,(H,14,15). The summed E-state index contributed by atoms with van der Waals surface area (Å²) in [4.78, 5) is 7.06. The maximum absolute atomic E-state index is 12.2. The maximum atomic E-state index is 12.2. The van der Waals surface area contributed by atoms with Crippen LogP contribution >= 0.6 is 0 Å². The number of nitrogens with zero attached hydrogens (tertiary/aromatic N) is 1. The second-order valence-corrected chi connectivity index (χ2v) is 5.62. The molecule has 0 bridgehead atoms. The van der Waals surface area contributed by atoms with Crippen molar-refractivity contribution in [1.82, 2.24) is 14.7 Å². The molecule has 2 aromatic rings. The molecule has 2 rings (SSSR count). The molecule has 19 heavy (non-hydrogen) atoms. The first-order chi connectivity index (χ1) is 9.13. The van der Waals surface area contributed by atoms with Crippen LogP contribution in [-0.2, 0) is 16.6 Å². The first-order valence-electron chi connectivity index (χ1n) is 5.94. The van der Waals surface area contributed by atoms with E-state index in [0.717, 1.165) is 0 Å². The van der Waals surface area contributed by atoms with Crippen LogP contribution in [0.15, 0.2) is 41.6 Å². The smallest absolute Gasteiger partial charge is 0.243 e. The summed E-state index contributed by atoms with van der Waals surface area (Å²) in [7, 11) is -3.56. The maximum Gasteiger partial charge on any atom is 0.243 e. The number of aromatic amines is 1. The van der Waals surface area contributed by atoms with E-state index in [4.69, 9.17) is 0 Å². The monoisotopic (exact) mass is 280 g/mol. The highest BCUT2D eigenvalue weighted by molar-refractivity contribution is 7.89. The van der Waals surface area contributed by atoms with Crippen LogP contribution in [0.25, 0.3) is 0 Å². The summed E-state index contributed by atoms with van der Waals surface area (Å²) >= 11 is 0. The highest BCUT2D eigenvalue weighted by Gasteiger charge is 2.17. The van der Waals surface area contributed by atoms with E-state index in [-0.39, 0.29) is 11.4 Å². The molecule has 3 N–H and O–H groups in total. The van der Waals surface area contributed by atoms with E-state index in [1.165, 1.54) is 0 Å². The van der Waals surface area contributed by atoms with Crippen molar-refractivity contribution in [3.63, 3.8) is 0 Å². The summed E-state index contributed by atoms with van der Waals surface area (Å²) in [5.41, 5.74) is 0.594. The molecular formula is C12H16N4O2S. The van der Waals surface area contributed by atoms with Gasteiger partial charge in [-0.05, 0) is 19.1 Å². The molecule has 0 unspecified atom stereocenters. The molecule has 6 nitrogen and oxygen atoms in total. The highest BCUT2D eigenvalue weighted by atomic mass is 32.2. The quantitative estimate of drug-likeness (QED) is 0.745. The summed E-state index contributed by atoms with van der Waals surface area (Å²) in [5.74, 6) is 0.574. The SMILES string of the molecule is CCNc1ccccc1S(=O)(=O)NCc1ncc[nH]1. The minimum absolute atomic E-state index is 0.135. The van der Waals surface area contributed by atoms with Crippen LogP contribution in [0.1, 0.15) is 12.7 Å². The van der Waals surface area contributed by atoms with Crippen molar-refractivity contribution >= 4 is 15.7 Å². The van der Waals surface area contributed by atoms with Gasteiger partial charge in [-0.1, -0.05) is 12.1 Å². The van der Waals surface area contributed by atoms with E-state index in [1.807, 2.05) is 6.92 Å². The second-order valence-electron chi connectivity index (χ2n) is 3.89. The average molecular weight is 280 g/mol. The van der Waals surface area contributed by atoms with Crippen LogP contribution in [0.4, 0.5) is 5.69 Å². The number of sulfonamides is 1. The van der Waals surface area contributed by atoms with E-state index < -0.39 is 10.0 Å². The molecule has 1 aromatic heterocycles. The van der Waals surface area contributed by atoms with Gasteiger partial charge in [0.15, 0.2) is 0 Å². The number of benzene rings is 1. The number of hydrogen-bond acceptors (Lipinski definition) is 4. The van der Waals surface area contributed by atoms with Gasteiger partial charge in [0.2, 0.25) is 10.0 Å². The summed E-state index contributed by atoms with van der Waals surface area (Å²) in [6, 6.07) is 6.80. The Kier molecular flexibility index (Phi) is 4.18. The molecule has 0 amide bonds. The van der Waals surface area contributed by atoms with Gasteiger partial charge in [-0.25, -0.2) is 18.1 Å². The highest BCUT2D eigenvalue weighted by Crippen LogP contribution is 2.20. The predicted molar refractivity (Wildman–Crippen MR) is 73.2 cm³/mol. The topological polar surface area (TPSA) is 86.9 Å². The van der Waals surface area contributed by atoms with Gasteiger partial charge in [0.05, 0.1) is 12.2 Å². The fourth-order valence-corrected chi connectivity index (χ4v) is 2.84. The first-order valence-corrected chi connectivity index (χ1v) is 7.42. The van der Waals surface area contributed by atoms with E-state index in [9.17, 15) is 8.42 Å². The molecule has 1 aromatic carbocycles. The first kappa shape index (κ1) is 13.6. The number of rotatable bonds is 6. The Bertz CT molecular complexity index is 623. The average Bonchev–Trinajstić information content (AvgIpc) is 2.91. The van der Waals surface area contributed by atoms with Crippen molar-refractivity contribution in [2.75, 3.05) is 11.9 Å². The molecule has 0 aliphatic heterocycles. The van der Waals surface area contributed by atoms with Gasteiger partial charge in [-0.15, -0.1) is 0 Å². The molecule has 0 aliphatic carbocycles. The Morgan fingerprint density at radius 2 is 2.11 bits per heavy atom. The molecule has 0 fully saturated rings. The van der Waals surface area contributed by atoms with Gasteiger partial charge in [0, 0.05) is 18.9 Å². The van der Waals surface area contributed by atoms with E-state index in [2.05, 4.69) is 20.0 Å². The van der Waals surface area contributed by atoms with Crippen molar-refractivity contribution in [2.24, 2.45) is 0 Å². The number of nitrogens with one attached hydrogen (secondary N) is 3. The van der Waals surface area contributed by atoms with E-state index >= 15 is 0 Å². The van der Waals surface area contributed by atoms with Crippen LogP contribution in [-0.4, -0.2) is 24.9 Å². The van der Waals surface area contributed by atoms with Gasteiger partial charge in [-0.3, -0.25) is 0 Å². The molecule has 0 spiro atoms. The lowest BCUT2D eigenvalue weighted by Crippen LogP contribution is -2.24. The molecule has 102 valence electrons. The van der Waals surface area contributed by atoms with Gasteiger partial charge >= 0.3 is 0 Å². The zero-order chi connectivity index (χ0) is 13.7. The third-order valence-electron chi connectivity index (χ3n) is 2.53. The Hall–Kier alpha value is -1.86. The number of anilines is 1. The molecule has 0 radical (unpaired) electrons. The van der Waals surface area contributed by atoms with Gasteiger partial charge in [-0.2, -0.15) is 0 Å². The minimum Gasteiger partial charge on any atom is -0.384 e. The molecule has 0 saturated carbocycles. The van der Waals surface area contributed by atoms with Crippen LogP contribution in [0.5, 0.6) is 0 Å². The zero-order valence-corrected chi connectivity index (χ0v) is 11.4. The van der Waals surface area contributed by atoms with Crippen molar-refractivity contribution in [3.8, 4) is 0 Å². The number of imidazole rings is 1. The second kappa shape index (κ2) is 5.85. The van der Waals surface area contributed by atoms with Crippen LogP contribution in [0.2, 0.25) is 0 Å². The normalized spacial score (nSPS) is 11.4. The Morgan fingerprint density at radius 3 is 2.79 bits per heavy atom. The summed E-state index contributed by atoms with van der Waals surface area (Å²) in [6.45, 7) is 2.71. The lowest BCUT2D eigenvalue weighted by Gasteiger charge is -2.11. The van der Waals surface area contributed by atoms with Crippen LogP contribution in [0.3, 0.4) is 0 Å². The zero-order valence-electron chi connectivity index (χ0n) is 10.6. The number of para-hydroxylation sites is 1. The van der Waals surface area contributed by atoms with Crippen LogP contribution < -0.4 is 10.0 Å². The molecule has 0 aliphatic rings. The van der Waals surface area contributed by atoms with E-state index in [1.54, 1.807) is 36.7 Å². The minimum atomic E-state index is -3.56. The third kappa shape index (κ3) is 3.33. The summed E-state index contributed by atoms with van der Waals surface area (Å²) in [6.07, 6.45) is 3.23. The number of H-pyrrole nitrogens is 1. The predicted octanol–water partition coefficient (Wildman–Crippen LogP) is 1.32. The number of hydrogen-bond donors (Lipinski definition) is 3. The molecular weight excluding hydrogens is 264 g/mol. The van der Waals surface area contributed by atoms with Gasteiger partial charge in [0.1, 0.15) is 10.7 Å². The van der Waals surface area contributed by atoms with Crippen molar-refractivity contribution < 1.29 is 8.42 Å². The van der Waals surface area contributed by atoms with Crippen LogP contribution in [0, 0.1) is 0 Å². The molecule has 1 heterocycles. The molecule has 0 atom stereocenters. The van der Waals surface area contributed by atoms with Crippen molar-refractivity contribution in [3.05, 3.63) is 42.5 Å². The van der Waals surface area contributed by atoms with Gasteiger partial charge in [0.25, 0.3) is 0 Å². The fourth-order valence-electron chi connectivity index (χ4n) is 1.67. The van der Waals surface area contributed by atoms with E-state index in [0.29, 0.717) is 18.1 Å². The van der Waals surface area contributed by atoms with Gasteiger partial charge < -0.3 is 10.3 Å².